The Morgan fingerprint density at radius 2 is 1.42 bits per heavy atom. The second-order valence-electron chi connectivity index (χ2n) is 7.00. The fourth-order valence-corrected chi connectivity index (χ4v) is 4.11. The van der Waals surface area contributed by atoms with E-state index in [-0.39, 0.29) is 0 Å². The van der Waals surface area contributed by atoms with Crippen LogP contribution in [0.25, 0.3) is 21.5 Å². The normalized spacial score (nSPS) is 11.5. The molecule has 138 valence electrons. The first-order chi connectivity index (χ1) is 12.7. The molecular formula is C22H26Cl2N2. The van der Waals surface area contributed by atoms with Gasteiger partial charge in [0.15, 0.2) is 0 Å². The van der Waals surface area contributed by atoms with Gasteiger partial charge in [0, 0.05) is 45.8 Å². The first-order valence-corrected chi connectivity index (χ1v) is 10.5. The smallest absolute Gasteiger partial charge is 0.0580 e. The maximum atomic E-state index is 6.64. The number of hydrogen-bond donors (Lipinski definition) is 0. The molecule has 0 fully saturated rings. The van der Waals surface area contributed by atoms with E-state index in [0.717, 1.165) is 33.7 Å². The molecule has 0 bridgehead atoms. The molecule has 0 spiro atoms. The van der Waals surface area contributed by atoms with Gasteiger partial charge in [-0.05, 0) is 25.0 Å². The highest BCUT2D eigenvalue weighted by atomic mass is 35.5. The summed E-state index contributed by atoms with van der Waals surface area (Å²) in [5.41, 5.74) is 1.09. The Balaban J connectivity index is 1.66. The quantitative estimate of drug-likeness (QED) is 0.276. The van der Waals surface area contributed by atoms with Crippen LogP contribution >= 0.6 is 23.2 Å². The predicted octanol–water partition coefficient (Wildman–Crippen LogP) is 7.77. The van der Waals surface area contributed by atoms with Crippen molar-refractivity contribution in [2.24, 2.45) is 0 Å². The lowest BCUT2D eigenvalue weighted by Crippen LogP contribution is -1.93. The predicted molar refractivity (Wildman–Crippen MR) is 113 cm³/mol. The van der Waals surface area contributed by atoms with Gasteiger partial charge < -0.3 is 0 Å². The fraction of sp³-hybridized carbons (Fsp3) is 0.455. The molecule has 3 aromatic rings. The zero-order valence-electron chi connectivity index (χ0n) is 15.4. The van der Waals surface area contributed by atoms with Crippen LogP contribution in [-0.4, -0.2) is 9.97 Å². The molecule has 2 aromatic heterocycles. The molecule has 4 heteroatoms. The Labute approximate surface area is 165 Å². The summed E-state index contributed by atoms with van der Waals surface area (Å²) >= 11 is 13.2. The molecule has 0 N–H and O–H groups in total. The van der Waals surface area contributed by atoms with Gasteiger partial charge in [-0.1, -0.05) is 75.1 Å². The third kappa shape index (κ3) is 4.47. The van der Waals surface area contributed by atoms with Crippen LogP contribution in [0.15, 0.2) is 30.7 Å². The van der Waals surface area contributed by atoms with Gasteiger partial charge in [0.2, 0.25) is 0 Å². The van der Waals surface area contributed by atoms with E-state index in [9.17, 15) is 0 Å². The van der Waals surface area contributed by atoms with E-state index in [1.807, 2.05) is 12.3 Å². The molecule has 0 unspecified atom stereocenters. The van der Waals surface area contributed by atoms with Crippen LogP contribution in [0, 0.1) is 0 Å². The van der Waals surface area contributed by atoms with Crippen molar-refractivity contribution < 1.29 is 0 Å². The molecule has 0 saturated carbocycles. The van der Waals surface area contributed by atoms with Crippen LogP contribution < -0.4 is 0 Å². The minimum Gasteiger partial charge on any atom is -0.264 e. The summed E-state index contributed by atoms with van der Waals surface area (Å²) in [4.78, 5) is 8.80. The van der Waals surface area contributed by atoms with Gasteiger partial charge in [-0.25, -0.2) is 0 Å². The lowest BCUT2D eigenvalue weighted by molar-refractivity contribution is 0.574. The zero-order valence-corrected chi connectivity index (χ0v) is 16.9. The van der Waals surface area contributed by atoms with Crippen LogP contribution in [0.2, 0.25) is 10.0 Å². The Kier molecular flexibility index (Phi) is 7.10. The SMILES string of the molecule is CCCCCCCCCCc1cc2c(Cl)c3cnccc3c(Cl)c2cn1. The molecule has 2 heterocycles. The zero-order chi connectivity index (χ0) is 18.4. The monoisotopic (exact) mass is 388 g/mol. The summed E-state index contributed by atoms with van der Waals surface area (Å²) < 4.78 is 0. The highest BCUT2D eigenvalue weighted by molar-refractivity contribution is 6.47. The molecule has 0 aliphatic carbocycles. The van der Waals surface area contributed by atoms with E-state index in [4.69, 9.17) is 23.2 Å². The van der Waals surface area contributed by atoms with Gasteiger partial charge in [-0.2, -0.15) is 0 Å². The molecule has 2 nitrogen and oxygen atoms in total. The van der Waals surface area contributed by atoms with E-state index < -0.39 is 0 Å². The number of halogens is 2. The number of fused-ring (bicyclic) bond motifs is 2. The van der Waals surface area contributed by atoms with Crippen molar-refractivity contribution in [1.82, 2.24) is 9.97 Å². The molecule has 0 atom stereocenters. The summed E-state index contributed by atoms with van der Waals surface area (Å²) in [7, 11) is 0. The Morgan fingerprint density at radius 1 is 0.769 bits per heavy atom. The summed E-state index contributed by atoms with van der Waals surface area (Å²) in [6, 6.07) is 3.99. The Hall–Kier alpha value is -1.38. The maximum Gasteiger partial charge on any atom is 0.0580 e. The van der Waals surface area contributed by atoms with Crippen molar-refractivity contribution in [3.63, 3.8) is 0 Å². The van der Waals surface area contributed by atoms with Crippen molar-refractivity contribution in [3.8, 4) is 0 Å². The Bertz CT molecular complexity index is 877. The molecule has 0 amide bonds. The standard InChI is InChI=1S/C22H26Cl2N2/c1-2-3-4-5-6-7-8-9-10-16-13-18-20(15-26-16)21(23)17-11-12-25-14-19(17)22(18)24/h11-15H,2-10H2,1H3. The van der Waals surface area contributed by atoms with Gasteiger partial charge in [0.1, 0.15) is 0 Å². The number of unbranched alkanes of at least 4 members (excludes halogenated alkanes) is 7. The second-order valence-corrected chi connectivity index (χ2v) is 7.75. The number of hydrogen-bond acceptors (Lipinski definition) is 2. The summed E-state index contributed by atoms with van der Waals surface area (Å²) in [5, 5.41) is 5.13. The summed E-state index contributed by atoms with van der Waals surface area (Å²) in [6.45, 7) is 2.26. The van der Waals surface area contributed by atoms with Crippen LogP contribution in [0.4, 0.5) is 0 Å². The average Bonchev–Trinajstić information content (AvgIpc) is 2.68. The third-order valence-electron chi connectivity index (χ3n) is 5.01. The lowest BCUT2D eigenvalue weighted by atomic mass is 10.0. The van der Waals surface area contributed by atoms with E-state index >= 15 is 0 Å². The lowest BCUT2D eigenvalue weighted by Gasteiger charge is -2.10. The van der Waals surface area contributed by atoms with Crippen molar-refractivity contribution in [3.05, 3.63) is 46.5 Å². The molecule has 0 aliphatic rings. The number of pyridine rings is 2. The number of benzene rings is 1. The van der Waals surface area contributed by atoms with E-state index in [0.29, 0.717) is 10.0 Å². The minimum absolute atomic E-state index is 0.702. The van der Waals surface area contributed by atoms with Gasteiger partial charge in [-0.15, -0.1) is 0 Å². The van der Waals surface area contributed by atoms with Crippen LogP contribution in [0.5, 0.6) is 0 Å². The first-order valence-electron chi connectivity index (χ1n) is 9.71. The topological polar surface area (TPSA) is 25.8 Å². The Morgan fingerprint density at radius 3 is 2.19 bits per heavy atom. The fourth-order valence-electron chi connectivity index (χ4n) is 3.48. The minimum atomic E-state index is 0.702. The highest BCUT2D eigenvalue weighted by Crippen LogP contribution is 2.38. The number of aryl methyl sites for hydroxylation is 1. The molecule has 0 saturated heterocycles. The van der Waals surface area contributed by atoms with Gasteiger partial charge in [-0.3, -0.25) is 9.97 Å². The first kappa shape index (κ1) is 19.4. The average molecular weight is 389 g/mol. The van der Waals surface area contributed by atoms with Crippen molar-refractivity contribution in [1.29, 1.82) is 0 Å². The third-order valence-corrected chi connectivity index (χ3v) is 5.83. The van der Waals surface area contributed by atoms with Crippen molar-refractivity contribution in [2.45, 2.75) is 64.7 Å². The summed E-state index contributed by atoms with van der Waals surface area (Å²) in [5.74, 6) is 0. The molecule has 26 heavy (non-hydrogen) atoms. The number of aromatic nitrogens is 2. The number of nitrogens with zero attached hydrogens (tertiary/aromatic N) is 2. The molecular weight excluding hydrogens is 363 g/mol. The van der Waals surface area contributed by atoms with Crippen LogP contribution in [0.3, 0.4) is 0 Å². The maximum absolute atomic E-state index is 6.64. The van der Waals surface area contributed by atoms with Gasteiger partial charge in [0.05, 0.1) is 10.0 Å². The van der Waals surface area contributed by atoms with Gasteiger partial charge >= 0.3 is 0 Å². The van der Waals surface area contributed by atoms with Crippen molar-refractivity contribution in [2.75, 3.05) is 0 Å². The summed E-state index contributed by atoms with van der Waals surface area (Å²) in [6.07, 6.45) is 16.9. The molecule has 0 aliphatic heterocycles. The highest BCUT2D eigenvalue weighted by Gasteiger charge is 2.12. The van der Waals surface area contributed by atoms with Crippen LogP contribution in [-0.2, 0) is 6.42 Å². The second kappa shape index (κ2) is 9.53. The molecule has 1 aromatic carbocycles. The van der Waals surface area contributed by atoms with E-state index in [1.54, 1.807) is 12.4 Å². The van der Waals surface area contributed by atoms with E-state index in [1.165, 1.54) is 51.4 Å². The molecule has 3 rings (SSSR count). The molecule has 0 radical (unpaired) electrons. The van der Waals surface area contributed by atoms with Gasteiger partial charge in [0.25, 0.3) is 0 Å². The van der Waals surface area contributed by atoms with E-state index in [2.05, 4.69) is 23.0 Å². The largest absolute Gasteiger partial charge is 0.264 e. The van der Waals surface area contributed by atoms with Crippen LogP contribution in [0.1, 0.15) is 64.0 Å². The number of rotatable bonds is 9. The van der Waals surface area contributed by atoms with Crippen molar-refractivity contribution >= 4 is 44.7 Å².